The molecule has 0 aromatic rings. The molecular formula is C11H17N3O. The van der Waals surface area contributed by atoms with Crippen LogP contribution in [-0.4, -0.2) is 43.7 Å². The standard InChI is InChI=1S/C11H17N3O/c1-3-8(12-5-1)9-7-13-11(14-9)10-4-2-6-15-10/h1,3,8-10,12H,2,4-7H2,(H,13,14). The van der Waals surface area contributed by atoms with Crippen molar-refractivity contribution in [3.8, 4) is 0 Å². The molecule has 1 fully saturated rings. The van der Waals surface area contributed by atoms with Crippen LogP contribution < -0.4 is 10.6 Å². The summed E-state index contributed by atoms with van der Waals surface area (Å²) in [6.45, 7) is 2.74. The minimum absolute atomic E-state index is 0.236. The molecule has 0 aromatic carbocycles. The molecule has 3 heterocycles. The fourth-order valence-corrected chi connectivity index (χ4v) is 2.43. The predicted octanol–water partition coefficient (Wildman–Crippen LogP) is 0.0637. The zero-order chi connectivity index (χ0) is 10.1. The van der Waals surface area contributed by atoms with Gasteiger partial charge in [0.25, 0.3) is 0 Å². The summed E-state index contributed by atoms with van der Waals surface area (Å²) in [6.07, 6.45) is 6.92. The van der Waals surface area contributed by atoms with Gasteiger partial charge in [-0.2, -0.15) is 0 Å². The first-order valence-corrected chi connectivity index (χ1v) is 5.76. The van der Waals surface area contributed by atoms with E-state index < -0.39 is 0 Å². The third-order valence-corrected chi connectivity index (χ3v) is 3.27. The number of aliphatic imine (C=N–C) groups is 1. The fourth-order valence-electron chi connectivity index (χ4n) is 2.43. The highest BCUT2D eigenvalue weighted by Gasteiger charge is 2.31. The van der Waals surface area contributed by atoms with Crippen LogP contribution in [0, 0.1) is 0 Å². The third kappa shape index (κ3) is 1.79. The van der Waals surface area contributed by atoms with Crippen LogP contribution in [-0.2, 0) is 4.74 Å². The van der Waals surface area contributed by atoms with Crippen LogP contribution >= 0.6 is 0 Å². The Labute approximate surface area is 89.8 Å². The van der Waals surface area contributed by atoms with Crippen LogP contribution in [0.3, 0.4) is 0 Å². The van der Waals surface area contributed by atoms with Crippen molar-refractivity contribution >= 4 is 5.84 Å². The topological polar surface area (TPSA) is 45.6 Å². The number of amidine groups is 1. The van der Waals surface area contributed by atoms with E-state index >= 15 is 0 Å². The lowest BCUT2D eigenvalue weighted by atomic mass is 10.1. The van der Waals surface area contributed by atoms with Crippen LogP contribution in [0.15, 0.2) is 17.1 Å². The molecule has 3 aliphatic rings. The van der Waals surface area contributed by atoms with E-state index in [0.717, 1.165) is 38.4 Å². The van der Waals surface area contributed by atoms with Gasteiger partial charge in [-0.05, 0) is 12.8 Å². The first-order valence-electron chi connectivity index (χ1n) is 5.76. The summed E-state index contributed by atoms with van der Waals surface area (Å²) in [4.78, 5) is 4.55. The summed E-state index contributed by atoms with van der Waals surface area (Å²) < 4.78 is 5.62. The Kier molecular flexibility index (Phi) is 2.46. The van der Waals surface area contributed by atoms with E-state index in [9.17, 15) is 0 Å². The Morgan fingerprint density at radius 2 is 2.47 bits per heavy atom. The van der Waals surface area contributed by atoms with Crippen molar-refractivity contribution in [1.82, 2.24) is 10.6 Å². The summed E-state index contributed by atoms with van der Waals surface area (Å²) in [6, 6.07) is 0.857. The van der Waals surface area contributed by atoms with Crippen LogP contribution in [0.4, 0.5) is 0 Å². The molecule has 3 unspecified atom stereocenters. The number of rotatable bonds is 2. The third-order valence-electron chi connectivity index (χ3n) is 3.27. The van der Waals surface area contributed by atoms with Crippen molar-refractivity contribution in [1.29, 1.82) is 0 Å². The summed E-state index contributed by atoms with van der Waals surface area (Å²) in [5, 5.41) is 6.91. The lowest BCUT2D eigenvalue weighted by Gasteiger charge is -2.19. The van der Waals surface area contributed by atoms with Gasteiger partial charge in [-0.1, -0.05) is 12.2 Å². The predicted molar refractivity (Wildman–Crippen MR) is 59.1 cm³/mol. The van der Waals surface area contributed by atoms with E-state index in [1.54, 1.807) is 0 Å². The number of nitrogens with one attached hydrogen (secondary N) is 2. The molecule has 0 radical (unpaired) electrons. The molecule has 0 aromatic heterocycles. The zero-order valence-electron chi connectivity index (χ0n) is 8.78. The molecule has 82 valence electrons. The van der Waals surface area contributed by atoms with E-state index in [-0.39, 0.29) is 6.10 Å². The minimum Gasteiger partial charge on any atom is -0.370 e. The van der Waals surface area contributed by atoms with Gasteiger partial charge in [-0.25, -0.2) is 0 Å². The monoisotopic (exact) mass is 207 g/mol. The van der Waals surface area contributed by atoms with Crippen LogP contribution in [0.1, 0.15) is 12.8 Å². The zero-order valence-corrected chi connectivity index (χ0v) is 8.78. The molecule has 0 spiro atoms. The Bertz CT molecular complexity index is 294. The molecule has 4 nitrogen and oxygen atoms in total. The number of nitrogens with zero attached hydrogens (tertiary/aromatic N) is 1. The second-order valence-electron chi connectivity index (χ2n) is 4.34. The highest BCUT2D eigenvalue weighted by atomic mass is 16.5. The van der Waals surface area contributed by atoms with Gasteiger partial charge in [-0.15, -0.1) is 0 Å². The average molecular weight is 207 g/mol. The molecule has 2 N–H and O–H groups in total. The molecule has 3 atom stereocenters. The van der Waals surface area contributed by atoms with Crippen molar-refractivity contribution in [3.63, 3.8) is 0 Å². The first-order chi connectivity index (χ1) is 7.43. The molecule has 0 aliphatic carbocycles. The second-order valence-corrected chi connectivity index (χ2v) is 4.34. The van der Waals surface area contributed by atoms with E-state index in [4.69, 9.17) is 4.74 Å². The fraction of sp³-hybridized carbons (Fsp3) is 0.727. The van der Waals surface area contributed by atoms with Gasteiger partial charge in [0.1, 0.15) is 11.9 Å². The SMILES string of the molecule is C1=CC(C2CN=C(C3CCCO3)N2)NC1. The van der Waals surface area contributed by atoms with Crippen molar-refractivity contribution in [2.45, 2.75) is 31.0 Å². The molecule has 0 saturated carbocycles. The van der Waals surface area contributed by atoms with Crippen molar-refractivity contribution < 1.29 is 4.74 Å². The van der Waals surface area contributed by atoms with E-state index in [0.29, 0.717) is 12.1 Å². The van der Waals surface area contributed by atoms with Crippen molar-refractivity contribution in [3.05, 3.63) is 12.2 Å². The van der Waals surface area contributed by atoms with Gasteiger partial charge < -0.3 is 15.4 Å². The molecule has 1 saturated heterocycles. The molecular weight excluding hydrogens is 190 g/mol. The van der Waals surface area contributed by atoms with Gasteiger partial charge in [0.05, 0.1) is 12.6 Å². The maximum absolute atomic E-state index is 5.62. The maximum Gasteiger partial charge on any atom is 0.126 e. The number of hydrogen-bond donors (Lipinski definition) is 2. The number of hydrogen-bond acceptors (Lipinski definition) is 4. The Morgan fingerprint density at radius 3 is 3.20 bits per heavy atom. The lowest BCUT2D eigenvalue weighted by Crippen LogP contribution is -2.47. The lowest BCUT2D eigenvalue weighted by molar-refractivity contribution is 0.156. The van der Waals surface area contributed by atoms with Gasteiger partial charge in [-0.3, -0.25) is 4.99 Å². The van der Waals surface area contributed by atoms with Crippen molar-refractivity contribution in [2.75, 3.05) is 19.7 Å². The molecule has 3 rings (SSSR count). The molecule has 0 bridgehead atoms. The quantitative estimate of drug-likeness (QED) is 0.630. The van der Waals surface area contributed by atoms with Crippen LogP contribution in [0.5, 0.6) is 0 Å². The Morgan fingerprint density at radius 1 is 1.47 bits per heavy atom. The van der Waals surface area contributed by atoms with E-state index in [2.05, 4.69) is 27.8 Å². The average Bonchev–Trinajstić information content (AvgIpc) is 3.02. The first kappa shape index (κ1) is 9.36. The van der Waals surface area contributed by atoms with Gasteiger partial charge in [0, 0.05) is 19.2 Å². The molecule has 0 amide bonds. The highest BCUT2D eigenvalue weighted by Crippen LogP contribution is 2.16. The van der Waals surface area contributed by atoms with E-state index in [1.165, 1.54) is 0 Å². The van der Waals surface area contributed by atoms with Crippen LogP contribution in [0.2, 0.25) is 0 Å². The smallest absolute Gasteiger partial charge is 0.126 e. The summed E-state index contributed by atoms with van der Waals surface area (Å²) >= 11 is 0. The highest BCUT2D eigenvalue weighted by molar-refractivity contribution is 5.88. The van der Waals surface area contributed by atoms with Gasteiger partial charge in [0.15, 0.2) is 0 Å². The number of ether oxygens (including phenoxy) is 1. The summed E-state index contributed by atoms with van der Waals surface area (Å²) in [5.74, 6) is 1.07. The largest absolute Gasteiger partial charge is 0.370 e. The van der Waals surface area contributed by atoms with Gasteiger partial charge >= 0.3 is 0 Å². The molecule has 15 heavy (non-hydrogen) atoms. The Balaban J connectivity index is 1.58. The van der Waals surface area contributed by atoms with Crippen LogP contribution in [0.25, 0.3) is 0 Å². The second kappa shape index (κ2) is 3.94. The molecule has 3 aliphatic heterocycles. The molecule has 4 heteroatoms. The van der Waals surface area contributed by atoms with Crippen molar-refractivity contribution in [2.24, 2.45) is 4.99 Å². The maximum atomic E-state index is 5.62. The summed E-state index contributed by atoms with van der Waals surface area (Å²) in [5.41, 5.74) is 0. The Hall–Kier alpha value is -0.870. The van der Waals surface area contributed by atoms with E-state index in [1.807, 2.05) is 0 Å². The minimum atomic E-state index is 0.236. The normalized spacial score (nSPS) is 39.5. The summed E-state index contributed by atoms with van der Waals surface area (Å²) in [7, 11) is 0. The van der Waals surface area contributed by atoms with Gasteiger partial charge in [0.2, 0.25) is 0 Å².